The summed E-state index contributed by atoms with van der Waals surface area (Å²) in [5.74, 6) is 1.42. The third kappa shape index (κ3) is 2.94. The second kappa shape index (κ2) is 6.58. The number of ether oxygens (including phenoxy) is 1. The van der Waals surface area contributed by atoms with Gasteiger partial charge in [0.25, 0.3) is 0 Å². The quantitative estimate of drug-likeness (QED) is 0.768. The lowest BCUT2D eigenvalue weighted by atomic mass is 9.81. The SMILES string of the molecule is N#Cc1ccc2c(c1)C1CCCN(Cc3ccc(Br)cc3)C1CO2. The molecule has 0 spiro atoms. The fourth-order valence-corrected chi connectivity index (χ4v) is 4.21. The number of nitriles is 1. The van der Waals surface area contributed by atoms with Gasteiger partial charge < -0.3 is 4.74 Å². The number of halogens is 1. The molecular formula is C20H19BrN2O. The van der Waals surface area contributed by atoms with Crippen LogP contribution in [0.5, 0.6) is 5.75 Å². The number of hydrogen-bond donors (Lipinski definition) is 0. The lowest BCUT2D eigenvalue weighted by molar-refractivity contribution is 0.0600. The molecule has 1 fully saturated rings. The summed E-state index contributed by atoms with van der Waals surface area (Å²) < 4.78 is 7.13. The van der Waals surface area contributed by atoms with Crippen LogP contribution in [0.25, 0.3) is 0 Å². The fraction of sp³-hybridized carbons (Fsp3) is 0.350. The van der Waals surface area contributed by atoms with Crippen molar-refractivity contribution in [3.05, 3.63) is 63.6 Å². The molecule has 24 heavy (non-hydrogen) atoms. The maximum absolute atomic E-state index is 9.20. The molecule has 2 aromatic rings. The normalized spacial score (nSPS) is 22.8. The van der Waals surface area contributed by atoms with Crippen LogP contribution in [0.2, 0.25) is 0 Å². The van der Waals surface area contributed by atoms with Crippen LogP contribution in [-0.4, -0.2) is 24.1 Å². The van der Waals surface area contributed by atoms with Crippen molar-refractivity contribution in [3.8, 4) is 11.8 Å². The third-order valence-electron chi connectivity index (χ3n) is 5.14. The topological polar surface area (TPSA) is 36.3 Å². The van der Waals surface area contributed by atoms with Crippen LogP contribution in [0.4, 0.5) is 0 Å². The summed E-state index contributed by atoms with van der Waals surface area (Å²) in [6.07, 6.45) is 2.36. The van der Waals surface area contributed by atoms with Gasteiger partial charge >= 0.3 is 0 Å². The van der Waals surface area contributed by atoms with E-state index >= 15 is 0 Å². The van der Waals surface area contributed by atoms with Crippen LogP contribution in [0.3, 0.4) is 0 Å². The van der Waals surface area contributed by atoms with Gasteiger partial charge in [-0.2, -0.15) is 5.26 Å². The van der Waals surface area contributed by atoms with Gasteiger partial charge in [0.1, 0.15) is 12.4 Å². The average Bonchev–Trinajstić information content (AvgIpc) is 2.63. The van der Waals surface area contributed by atoms with Crippen molar-refractivity contribution in [1.82, 2.24) is 4.90 Å². The number of rotatable bonds is 2. The molecule has 122 valence electrons. The van der Waals surface area contributed by atoms with E-state index in [-0.39, 0.29) is 0 Å². The first-order valence-corrected chi connectivity index (χ1v) is 9.19. The van der Waals surface area contributed by atoms with E-state index in [2.05, 4.69) is 51.2 Å². The highest BCUT2D eigenvalue weighted by Gasteiger charge is 2.37. The first-order valence-electron chi connectivity index (χ1n) is 8.40. The average molecular weight is 383 g/mol. The van der Waals surface area contributed by atoms with Gasteiger partial charge in [-0.25, -0.2) is 0 Å². The van der Waals surface area contributed by atoms with Crippen LogP contribution in [0.15, 0.2) is 46.9 Å². The van der Waals surface area contributed by atoms with Crippen molar-refractivity contribution in [3.63, 3.8) is 0 Å². The smallest absolute Gasteiger partial charge is 0.123 e. The third-order valence-corrected chi connectivity index (χ3v) is 5.67. The summed E-state index contributed by atoms with van der Waals surface area (Å²) >= 11 is 3.50. The highest BCUT2D eigenvalue weighted by molar-refractivity contribution is 9.10. The van der Waals surface area contributed by atoms with Gasteiger partial charge in [-0.3, -0.25) is 4.90 Å². The van der Waals surface area contributed by atoms with Crippen molar-refractivity contribution >= 4 is 15.9 Å². The molecule has 4 rings (SSSR count). The van der Waals surface area contributed by atoms with Crippen LogP contribution >= 0.6 is 15.9 Å². The zero-order valence-electron chi connectivity index (χ0n) is 13.4. The van der Waals surface area contributed by atoms with Crippen LogP contribution in [0, 0.1) is 11.3 Å². The minimum absolute atomic E-state index is 0.392. The molecule has 0 bridgehead atoms. The number of benzene rings is 2. The number of piperidine rings is 1. The molecule has 2 atom stereocenters. The van der Waals surface area contributed by atoms with E-state index in [1.807, 2.05) is 18.2 Å². The van der Waals surface area contributed by atoms with Gasteiger partial charge in [-0.15, -0.1) is 0 Å². The van der Waals surface area contributed by atoms with Crippen molar-refractivity contribution in [2.24, 2.45) is 0 Å². The monoisotopic (exact) mass is 382 g/mol. The van der Waals surface area contributed by atoms with E-state index in [0.29, 0.717) is 12.0 Å². The van der Waals surface area contributed by atoms with Crippen molar-refractivity contribution in [1.29, 1.82) is 5.26 Å². The Morgan fingerprint density at radius 3 is 2.83 bits per heavy atom. The lowest BCUT2D eigenvalue weighted by Crippen LogP contribution is -2.48. The summed E-state index contributed by atoms with van der Waals surface area (Å²) in [4.78, 5) is 2.54. The Kier molecular flexibility index (Phi) is 4.30. The Labute approximate surface area is 151 Å². The summed E-state index contributed by atoms with van der Waals surface area (Å²) in [6, 6.07) is 17.0. The number of likely N-dealkylation sites (tertiary alicyclic amines) is 1. The molecule has 0 aliphatic carbocycles. The number of nitrogens with zero attached hydrogens (tertiary/aromatic N) is 2. The van der Waals surface area contributed by atoms with Crippen LogP contribution in [-0.2, 0) is 6.54 Å². The highest BCUT2D eigenvalue weighted by Crippen LogP contribution is 2.42. The summed E-state index contributed by atoms with van der Waals surface area (Å²) in [5.41, 5.74) is 3.27. The summed E-state index contributed by atoms with van der Waals surface area (Å²) in [6.45, 7) is 2.79. The lowest BCUT2D eigenvalue weighted by Gasteiger charge is -2.44. The molecule has 3 nitrogen and oxygen atoms in total. The maximum atomic E-state index is 9.20. The minimum Gasteiger partial charge on any atom is -0.492 e. The second-order valence-corrected chi connectivity index (χ2v) is 7.50. The molecule has 0 saturated carbocycles. The molecule has 2 aliphatic rings. The van der Waals surface area contributed by atoms with Crippen LogP contribution in [0.1, 0.15) is 35.4 Å². The highest BCUT2D eigenvalue weighted by atomic mass is 79.9. The second-order valence-electron chi connectivity index (χ2n) is 6.59. The number of hydrogen-bond acceptors (Lipinski definition) is 3. The number of fused-ring (bicyclic) bond motifs is 3. The van der Waals surface area contributed by atoms with Gasteiger partial charge in [0.05, 0.1) is 17.7 Å². The van der Waals surface area contributed by atoms with E-state index < -0.39 is 0 Å². The van der Waals surface area contributed by atoms with E-state index in [1.165, 1.54) is 24.0 Å². The van der Waals surface area contributed by atoms with Crippen molar-refractivity contribution in [2.75, 3.05) is 13.2 Å². The van der Waals surface area contributed by atoms with Gasteiger partial charge in [-0.1, -0.05) is 28.1 Å². The molecule has 0 aromatic heterocycles. The molecule has 2 heterocycles. The first-order chi connectivity index (χ1) is 11.7. The standard InChI is InChI=1S/C20H19BrN2O/c21-16-6-3-14(4-7-16)12-23-9-1-2-17-18-10-15(11-22)5-8-20(18)24-13-19(17)23/h3-8,10,17,19H,1-2,9,12-13H2. The van der Waals surface area contributed by atoms with Gasteiger partial charge in [-0.05, 0) is 55.3 Å². The summed E-state index contributed by atoms with van der Waals surface area (Å²) in [5, 5.41) is 9.20. The van der Waals surface area contributed by atoms with E-state index in [9.17, 15) is 5.26 Å². The zero-order chi connectivity index (χ0) is 16.5. The Bertz CT molecular complexity index is 781. The molecule has 2 aromatic carbocycles. The Hall–Kier alpha value is -1.83. The first kappa shape index (κ1) is 15.7. The Balaban J connectivity index is 1.59. The van der Waals surface area contributed by atoms with Gasteiger partial charge in [0.2, 0.25) is 0 Å². The fourth-order valence-electron chi connectivity index (χ4n) is 3.95. The van der Waals surface area contributed by atoms with Gasteiger partial charge in [0.15, 0.2) is 0 Å². The molecule has 2 aliphatic heterocycles. The zero-order valence-corrected chi connectivity index (χ0v) is 15.0. The molecule has 0 amide bonds. The molecule has 1 saturated heterocycles. The van der Waals surface area contributed by atoms with Gasteiger partial charge in [0, 0.05) is 22.5 Å². The minimum atomic E-state index is 0.392. The summed E-state index contributed by atoms with van der Waals surface area (Å²) in [7, 11) is 0. The van der Waals surface area contributed by atoms with E-state index in [0.717, 1.165) is 35.5 Å². The van der Waals surface area contributed by atoms with Crippen molar-refractivity contribution < 1.29 is 4.74 Å². The molecule has 0 radical (unpaired) electrons. The van der Waals surface area contributed by atoms with Crippen LogP contribution < -0.4 is 4.74 Å². The predicted octanol–water partition coefficient (Wildman–Crippen LogP) is 4.46. The molecule has 0 N–H and O–H groups in total. The largest absolute Gasteiger partial charge is 0.492 e. The Morgan fingerprint density at radius 1 is 1.21 bits per heavy atom. The maximum Gasteiger partial charge on any atom is 0.123 e. The van der Waals surface area contributed by atoms with Crippen molar-refractivity contribution in [2.45, 2.75) is 31.3 Å². The van der Waals surface area contributed by atoms with E-state index in [1.54, 1.807) is 0 Å². The molecule has 2 unspecified atom stereocenters. The molecular weight excluding hydrogens is 364 g/mol. The van der Waals surface area contributed by atoms with E-state index in [4.69, 9.17) is 4.74 Å². The predicted molar refractivity (Wildman–Crippen MR) is 97.0 cm³/mol. The Morgan fingerprint density at radius 2 is 2.04 bits per heavy atom. The molecule has 4 heteroatoms.